The number of rotatable bonds is 5. The summed E-state index contributed by atoms with van der Waals surface area (Å²) in [6, 6.07) is 4.64. The monoisotopic (exact) mass is 393 g/mol. The zero-order valence-electron chi connectivity index (χ0n) is 10.4. The molecule has 0 heterocycles. The van der Waals surface area contributed by atoms with Crippen LogP contribution in [0.15, 0.2) is 27.1 Å². The molecule has 0 radical (unpaired) electrons. The molecule has 0 aliphatic heterocycles. The second-order valence-corrected chi connectivity index (χ2v) is 5.45. The Bertz CT molecular complexity index is 479. The second kappa shape index (κ2) is 7.49. The number of amides is 1. The van der Waals surface area contributed by atoms with Crippen molar-refractivity contribution in [1.82, 2.24) is 5.32 Å². The Labute approximate surface area is 127 Å². The minimum Gasteiger partial charge on any atom is -0.483 e. The van der Waals surface area contributed by atoms with Gasteiger partial charge >= 0.3 is 5.97 Å². The molecule has 0 fully saturated rings. The summed E-state index contributed by atoms with van der Waals surface area (Å²) in [5, 5.41) is 2.47. The van der Waals surface area contributed by atoms with E-state index in [0.29, 0.717) is 5.75 Å². The van der Waals surface area contributed by atoms with Crippen molar-refractivity contribution in [3.8, 4) is 5.75 Å². The van der Waals surface area contributed by atoms with Crippen molar-refractivity contribution in [1.29, 1.82) is 0 Å². The third kappa shape index (κ3) is 5.20. The third-order valence-electron chi connectivity index (χ3n) is 2.18. The standard InChI is InChI=1S/C12H13Br2NO4/c1-7(12(17)18-2)15-11(16)6-19-10-4-3-8(13)5-9(10)14/h3-5,7H,6H2,1-2H3,(H,15,16). The number of halogens is 2. The molecule has 1 amide bonds. The second-order valence-electron chi connectivity index (χ2n) is 3.68. The van der Waals surface area contributed by atoms with Crippen LogP contribution in [0.1, 0.15) is 6.92 Å². The summed E-state index contributed by atoms with van der Waals surface area (Å²) in [5.41, 5.74) is 0. The zero-order chi connectivity index (χ0) is 14.4. The van der Waals surface area contributed by atoms with Gasteiger partial charge in [0.05, 0.1) is 11.6 Å². The molecule has 0 bridgehead atoms. The highest BCUT2D eigenvalue weighted by Gasteiger charge is 2.16. The van der Waals surface area contributed by atoms with E-state index in [1.165, 1.54) is 7.11 Å². The maximum absolute atomic E-state index is 11.6. The molecular weight excluding hydrogens is 382 g/mol. The Morgan fingerprint density at radius 1 is 1.37 bits per heavy atom. The molecule has 0 spiro atoms. The number of hydrogen-bond donors (Lipinski definition) is 1. The van der Waals surface area contributed by atoms with Gasteiger partial charge in [0.15, 0.2) is 6.61 Å². The van der Waals surface area contributed by atoms with E-state index < -0.39 is 17.9 Å². The van der Waals surface area contributed by atoms with Crippen LogP contribution in [-0.4, -0.2) is 31.6 Å². The van der Waals surface area contributed by atoms with Crippen LogP contribution in [0, 0.1) is 0 Å². The normalized spacial score (nSPS) is 11.6. The minimum atomic E-state index is -0.700. The summed E-state index contributed by atoms with van der Waals surface area (Å²) in [6.45, 7) is 1.36. The average molecular weight is 395 g/mol. The van der Waals surface area contributed by atoms with Crippen molar-refractivity contribution in [2.75, 3.05) is 13.7 Å². The highest BCUT2D eigenvalue weighted by Crippen LogP contribution is 2.27. The number of methoxy groups -OCH3 is 1. The Morgan fingerprint density at radius 2 is 2.05 bits per heavy atom. The average Bonchev–Trinajstić information content (AvgIpc) is 2.36. The number of carbonyl (C=O) groups excluding carboxylic acids is 2. The number of carbonyl (C=O) groups is 2. The van der Waals surface area contributed by atoms with Crippen molar-refractivity contribution in [2.45, 2.75) is 13.0 Å². The number of hydrogen-bond acceptors (Lipinski definition) is 4. The Morgan fingerprint density at radius 3 is 2.63 bits per heavy atom. The molecule has 1 aromatic rings. The molecule has 0 saturated carbocycles. The molecule has 19 heavy (non-hydrogen) atoms. The van der Waals surface area contributed by atoms with Crippen molar-refractivity contribution in [3.05, 3.63) is 27.1 Å². The Hall–Kier alpha value is -1.08. The highest BCUT2D eigenvalue weighted by molar-refractivity contribution is 9.11. The fraction of sp³-hybridized carbons (Fsp3) is 0.333. The van der Waals surface area contributed by atoms with E-state index >= 15 is 0 Å². The quantitative estimate of drug-likeness (QED) is 0.778. The molecule has 1 unspecified atom stereocenters. The first-order chi connectivity index (χ1) is 8.93. The lowest BCUT2D eigenvalue weighted by molar-refractivity contribution is -0.144. The van der Waals surface area contributed by atoms with Crippen LogP contribution < -0.4 is 10.1 Å². The molecule has 1 atom stereocenters. The number of ether oxygens (including phenoxy) is 2. The SMILES string of the molecule is COC(=O)C(C)NC(=O)COc1ccc(Br)cc1Br. The summed E-state index contributed by atoms with van der Waals surface area (Å²) in [4.78, 5) is 22.7. The van der Waals surface area contributed by atoms with Gasteiger partial charge in [-0.15, -0.1) is 0 Å². The maximum atomic E-state index is 11.6. The van der Waals surface area contributed by atoms with E-state index in [0.717, 1.165) is 8.95 Å². The van der Waals surface area contributed by atoms with E-state index in [4.69, 9.17) is 4.74 Å². The van der Waals surface area contributed by atoms with Gasteiger partial charge < -0.3 is 14.8 Å². The molecule has 7 heteroatoms. The largest absolute Gasteiger partial charge is 0.483 e. The van der Waals surface area contributed by atoms with Gasteiger partial charge in [0.25, 0.3) is 5.91 Å². The third-order valence-corrected chi connectivity index (χ3v) is 3.30. The van der Waals surface area contributed by atoms with Crippen molar-refractivity contribution < 1.29 is 19.1 Å². The van der Waals surface area contributed by atoms with E-state index in [2.05, 4.69) is 41.9 Å². The molecule has 0 aliphatic rings. The van der Waals surface area contributed by atoms with Gasteiger partial charge in [0.2, 0.25) is 0 Å². The van der Waals surface area contributed by atoms with E-state index in [1.54, 1.807) is 19.1 Å². The molecule has 1 aromatic carbocycles. The predicted molar refractivity (Wildman–Crippen MR) is 77.0 cm³/mol. The van der Waals surface area contributed by atoms with Crippen molar-refractivity contribution in [3.63, 3.8) is 0 Å². The highest BCUT2D eigenvalue weighted by atomic mass is 79.9. The Balaban J connectivity index is 2.48. The topological polar surface area (TPSA) is 64.6 Å². The minimum absolute atomic E-state index is 0.179. The van der Waals surface area contributed by atoms with Gasteiger partial charge in [0, 0.05) is 4.47 Å². The molecular formula is C12H13Br2NO4. The fourth-order valence-electron chi connectivity index (χ4n) is 1.25. The van der Waals surface area contributed by atoms with Crippen LogP contribution in [-0.2, 0) is 14.3 Å². The summed E-state index contributed by atoms with van der Waals surface area (Å²) in [6.07, 6.45) is 0. The first-order valence-electron chi connectivity index (χ1n) is 5.39. The van der Waals surface area contributed by atoms with Crippen LogP contribution in [0.2, 0.25) is 0 Å². The molecule has 0 aromatic heterocycles. The molecule has 1 rings (SSSR count). The summed E-state index contributed by atoms with van der Waals surface area (Å²) >= 11 is 6.64. The number of benzene rings is 1. The van der Waals surface area contributed by atoms with Gasteiger partial charge in [-0.05, 0) is 41.1 Å². The summed E-state index contributed by atoms with van der Waals surface area (Å²) in [5.74, 6) is -0.352. The molecule has 0 saturated heterocycles. The molecule has 5 nitrogen and oxygen atoms in total. The number of esters is 1. The molecule has 0 aliphatic carbocycles. The van der Waals surface area contributed by atoms with E-state index in [9.17, 15) is 9.59 Å². The van der Waals surface area contributed by atoms with Gasteiger partial charge in [-0.3, -0.25) is 4.79 Å². The van der Waals surface area contributed by atoms with Gasteiger partial charge in [-0.1, -0.05) is 15.9 Å². The lowest BCUT2D eigenvalue weighted by atomic mass is 10.3. The van der Waals surface area contributed by atoms with Gasteiger partial charge in [-0.2, -0.15) is 0 Å². The maximum Gasteiger partial charge on any atom is 0.328 e. The predicted octanol–water partition coefficient (Wildman–Crippen LogP) is 2.27. The van der Waals surface area contributed by atoms with Crippen LogP contribution >= 0.6 is 31.9 Å². The fourth-order valence-corrected chi connectivity index (χ4v) is 2.42. The van der Waals surface area contributed by atoms with Gasteiger partial charge in [0.1, 0.15) is 11.8 Å². The van der Waals surface area contributed by atoms with E-state index in [-0.39, 0.29) is 6.61 Å². The van der Waals surface area contributed by atoms with Crippen LogP contribution in [0.5, 0.6) is 5.75 Å². The van der Waals surface area contributed by atoms with Crippen molar-refractivity contribution >= 4 is 43.7 Å². The lowest BCUT2D eigenvalue weighted by Gasteiger charge is -2.12. The van der Waals surface area contributed by atoms with Crippen LogP contribution in [0.25, 0.3) is 0 Å². The zero-order valence-corrected chi connectivity index (χ0v) is 13.6. The van der Waals surface area contributed by atoms with Gasteiger partial charge in [-0.25, -0.2) is 4.79 Å². The van der Waals surface area contributed by atoms with Crippen molar-refractivity contribution in [2.24, 2.45) is 0 Å². The van der Waals surface area contributed by atoms with Crippen LogP contribution in [0.4, 0.5) is 0 Å². The number of nitrogens with one attached hydrogen (secondary N) is 1. The van der Waals surface area contributed by atoms with Crippen LogP contribution in [0.3, 0.4) is 0 Å². The summed E-state index contributed by atoms with van der Waals surface area (Å²) in [7, 11) is 1.26. The Kier molecular flexibility index (Phi) is 6.30. The molecule has 1 N–H and O–H groups in total. The van der Waals surface area contributed by atoms with E-state index in [1.807, 2.05) is 6.07 Å². The first kappa shape index (κ1) is 16.0. The smallest absolute Gasteiger partial charge is 0.328 e. The molecule has 104 valence electrons. The first-order valence-corrected chi connectivity index (χ1v) is 6.97. The summed E-state index contributed by atoms with van der Waals surface area (Å²) < 4.78 is 11.5. The lowest BCUT2D eigenvalue weighted by Crippen LogP contribution is -2.41.